The zero-order chi connectivity index (χ0) is 14.5. The van der Waals surface area contributed by atoms with Crippen molar-refractivity contribution in [3.63, 3.8) is 0 Å². The number of benzene rings is 1. The van der Waals surface area contributed by atoms with Crippen LogP contribution in [0.3, 0.4) is 0 Å². The van der Waals surface area contributed by atoms with Crippen molar-refractivity contribution in [1.82, 2.24) is 9.62 Å². The Morgan fingerprint density at radius 3 is 2.47 bits per heavy atom. The van der Waals surface area contributed by atoms with Crippen molar-refractivity contribution in [1.29, 1.82) is 0 Å². The van der Waals surface area contributed by atoms with E-state index >= 15 is 0 Å². The van der Waals surface area contributed by atoms with E-state index in [4.69, 9.17) is 5.11 Å². The van der Waals surface area contributed by atoms with Gasteiger partial charge in [0, 0.05) is 13.6 Å². The Morgan fingerprint density at radius 1 is 1.37 bits per heavy atom. The van der Waals surface area contributed by atoms with Gasteiger partial charge in [-0.3, -0.25) is 4.79 Å². The number of nitrogens with zero attached hydrogens (tertiary/aromatic N) is 1. The Morgan fingerprint density at radius 2 is 1.95 bits per heavy atom. The smallest absolute Gasteiger partial charge is 0.243 e. The van der Waals surface area contributed by atoms with E-state index in [1.807, 2.05) is 0 Å². The van der Waals surface area contributed by atoms with Gasteiger partial charge in [-0.2, -0.15) is 4.31 Å². The van der Waals surface area contributed by atoms with Crippen molar-refractivity contribution in [3.8, 4) is 0 Å². The first-order valence-electron chi connectivity index (χ1n) is 5.47. The van der Waals surface area contributed by atoms with Gasteiger partial charge in [-0.15, -0.1) is 0 Å². The highest BCUT2D eigenvalue weighted by Gasteiger charge is 2.22. The fourth-order valence-electron chi connectivity index (χ4n) is 1.32. The van der Waals surface area contributed by atoms with E-state index in [0.717, 1.165) is 28.6 Å². The second kappa shape index (κ2) is 6.60. The summed E-state index contributed by atoms with van der Waals surface area (Å²) in [5, 5.41) is 10.9. The molecule has 0 aromatic heterocycles. The lowest BCUT2D eigenvalue weighted by Gasteiger charge is -2.16. The number of halogens is 1. The summed E-state index contributed by atoms with van der Waals surface area (Å²) in [7, 11) is -2.59. The largest absolute Gasteiger partial charge is 0.395 e. The Hall–Kier alpha value is -1.51. The predicted octanol–water partition coefficient (Wildman–Crippen LogP) is -0.445. The molecule has 2 N–H and O–H groups in total. The molecule has 0 radical (unpaired) electrons. The van der Waals surface area contributed by atoms with Gasteiger partial charge in [0.25, 0.3) is 0 Å². The van der Waals surface area contributed by atoms with Crippen LogP contribution in [0.5, 0.6) is 0 Å². The first-order chi connectivity index (χ1) is 8.87. The van der Waals surface area contributed by atoms with Crippen LogP contribution in [0, 0.1) is 5.82 Å². The average molecular weight is 290 g/mol. The van der Waals surface area contributed by atoms with Crippen molar-refractivity contribution in [2.24, 2.45) is 0 Å². The van der Waals surface area contributed by atoms with Crippen LogP contribution in [-0.2, 0) is 14.8 Å². The Bertz CT molecular complexity index is 530. The van der Waals surface area contributed by atoms with Gasteiger partial charge in [0.2, 0.25) is 15.9 Å². The Balaban J connectivity index is 2.77. The zero-order valence-electron chi connectivity index (χ0n) is 10.3. The summed E-state index contributed by atoms with van der Waals surface area (Å²) in [6, 6.07) is 4.33. The fraction of sp³-hybridized carbons (Fsp3) is 0.364. The molecule has 6 nitrogen and oxygen atoms in total. The number of likely N-dealkylation sites (N-methyl/N-ethyl adjacent to an activating group) is 1. The molecule has 1 amide bonds. The number of aliphatic hydroxyl groups excluding tert-OH is 1. The molecule has 0 saturated heterocycles. The highest BCUT2D eigenvalue weighted by atomic mass is 32.2. The predicted molar refractivity (Wildman–Crippen MR) is 66.3 cm³/mol. The van der Waals surface area contributed by atoms with Crippen LogP contribution >= 0.6 is 0 Å². The van der Waals surface area contributed by atoms with E-state index in [0.29, 0.717) is 0 Å². The lowest BCUT2D eigenvalue weighted by atomic mass is 10.4. The van der Waals surface area contributed by atoms with Crippen LogP contribution in [0.1, 0.15) is 0 Å². The third kappa shape index (κ3) is 4.27. The van der Waals surface area contributed by atoms with Crippen molar-refractivity contribution < 1.29 is 22.7 Å². The molecule has 1 aromatic rings. The molecule has 19 heavy (non-hydrogen) atoms. The number of aliphatic hydroxyl groups is 1. The summed E-state index contributed by atoms with van der Waals surface area (Å²) in [5.41, 5.74) is 0. The molecule has 1 aromatic carbocycles. The number of carbonyl (C=O) groups excluding carboxylic acids is 1. The summed E-state index contributed by atoms with van der Waals surface area (Å²) in [6.07, 6.45) is 0. The van der Waals surface area contributed by atoms with Crippen molar-refractivity contribution in [2.45, 2.75) is 4.90 Å². The molecule has 0 aliphatic heterocycles. The first kappa shape index (κ1) is 15.5. The summed E-state index contributed by atoms with van der Waals surface area (Å²) in [4.78, 5) is 11.3. The SMILES string of the molecule is CN(CC(=O)NCCO)S(=O)(=O)c1ccc(F)cc1. The van der Waals surface area contributed by atoms with E-state index < -0.39 is 21.7 Å². The molecule has 0 bridgehead atoms. The maximum absolute atomic E-state index is 12.7. The van der Waals surface area contributed by atoms with E-state index in [9.17, 15) is 17.6 Å². The highest BCUT2D eigenvalue weighted by Crippen LogP contribution is 2.14. The number of sulfonamides is 1. The number of carbonyl (C=O) groups is 1. The van der Waals surface area contributed by atoms with Crippen LogP contribution in [-0.4, -0.2) is 50.5 Å². The number of rotatable bonds is 6. The van der Waals surface area contributed by atoms with Crippen molar-refractivity contribution in [3.05, 3.63) is 30.1 Å². The number of nitrogens with one attached hydrogen (secondary N) is 1. The molecule has 1 rings (SSSR count). The molecule has 0 aliphatic rings. The number of amides is 1. The minimum absolute atomic E-state index is 0.0588. The van der Waals surface area contributed by atoms with Gasteiger partial charge < -0.3 is 10.4 Å². The molecule has 106 valence electrons. The highest BCUT2D eigenvalue weighted by molar-refractivity contribution is 7.89. The monoisotopic (exact) mass is 290 g/mol. The van der Waals surface area contributed by atoms with E-state index in [-0.39, 0.29) is 24.6 Å². The average Bonchev–Trinajstić information content (AvgIpc) is 2.36. The van der Waals surface area contributed by atoms with Crippen LogP contribution in [0.2, 0.25) is 0 Å². The molecule has 0 atom stereocenters. The summed E-state index contributed by atoms with van der Waals surface area (Å²) in [6.45, 7) is -0.539. The van der Waals surface area contributed by atoms with Gasteiger partial charge in [0.15, 0.2) is 0 Å². The van der Waals surface area contributed by atoms with Gasteiger partial charge in [-0.25, -0.2) is 12.8 Å². The van der Waals surface area contributed by atoms with Crippen LogP contribution in [0.25, 0.3) is 0 Å². The van der Waals surface area contributed by atoms with Gasteiger partial charge in [-0.05, 0) is 24.3 Å². The normalized spacial score (nSPS) is 11.6. The lowest BCUT2D eigenvalue weighted by molar-refractivity contribution is -0.121. The Kier molecular flexibility index (Phi) is 5.40. The quantitative estimate of drug-likeness (QED) is 0.743. The van der Waals surface area contributed by atoms with Crippen LogP contribution in [0.15, 0.2) is 29.2 Å². The molecule has 0 heterocycles. The topological polar surface area (TPSA) is 86.7 Å². The molecular weight excluding hydrogens is 275 g/mol. The third-order valence-electron chi connectivity index (χ3n) is 2.32. The van der Waals surface area contributed by atoms with Crippen molar-refractivity contribution >= 4 is 15.9 Å². The minimum atomic E-state index is -3.83. The summed E-state index contributed by atoms with van der Waals surface area (Å²) >= 11 is 0. The molecule has 0 fully saturated rings. The minimum Gasteiger partial charge on any atom is -0.395 e. The second-order valence-corrected chi connectivity index (χ2v) is 5.83. The number of hydrogen-bond acceptors (Lipinski definition) is 4. The van der Waals surface area contributed by atoms with Gasteiger partial charge >= 0.3 is 0 Å². The molecule has 8 heteroatoms. The zero-order valence-corrected chi connectivity index (χ0v) is 11.2. The first-order valence-corrected chi connectivity index (χ1v) is 6.91. The van der Waals surface area contributed by atoms with Gasteiger partial charge in [0.05, 0.1) is 18.0 Å². The van der Waals surface area contributed by atoms with Crippen LogP contribution in [0.4, 0.5) is 4.39 Å². The number of hydrogen-bond donors (Lipinski definition) is 2. The molecule has 0 aliphatic carbocycles. The maximum atomic E-state index is 12.7. The molecule has 0 saturated carbocycles. The van der Waals surface area contributed by atoms with E-state index in [1.54, 1.807) is 0 Å². The van der Waals surface area contributed by atoms with Gasteiger partial charge in [-0.1, -0.05) is 0 Å². The maximum Gasteiger partial charge on any atom is 0.243 e. The summed E-state index contributed by atoms with van der Waals surface area (Å²) < 4.78 is 37.6. The van der Waals surface area contributed by atoms with E-state index in [1.165, 1.54) is 7.05 Å². The molecular formula is C11H15FN2O4S. The summed E-state index contributed by atoms with van der Waals surface area (Å²) in [5.74, 6) is -1.07. The lowest BCUT2D eigenvalue weighted by Crippen LogP contribution is -2.39. The van der Waals surface area contributed by atoms with Crippen molar-refractivity contribution in [2.75, 3.05) is 26.7 Å². The van der Waals surface area contributed by atoms with Gasteiger partial charge in [0.1, 0.15) is 5.82 Å². The fourth-order valence-corrected chi connectivity index (χ4v) is 2.45. The molecule has 0 unspecified atom stereocenters. The standard InChI is InChI=1S/C11H15FN2O4S/c1-14(8-11(16)13-6-7-15)19(17,18)10-4-2-9(12)3-5-10/h2-5,15H,6-8H2,1H3,(H,13,16). The third-order valence-corrected chi connectivity index (χ3v) is 4.14. The second-order valence-electron chi connectivity index (χ2n) is 3.79. The Labute approximate surface area is 110 Å². The van der Waals surface area contributed by atoms with Crippen LogP contribution < -0.4 is 5.32 Å². The molecule has 0 spiro atoms. The van der Waals surface area contributed by atoms with E-state index in [2.05, 4.69) is 5.32 Å².